The topological polar surface area (TPSA) is 40.7 Å². The van der Waals surface area contributed by atoms with Gasteiger partial charge < -0.3 is 10.3 Å². The van der Waals surface area contributed by atoms with E-state index in [9.17, 15) is 4.39 Å². The summed E-state index contributed by atoms with van der Waals surface area (Å²) in [6.07, 6.45) is 2.69. The number of imidazole rings is 1. The van der Waals surface area contributed by atoms with Crippen LogP contribution in [0.2, 0.25) is 10.0 Å². The molecule has 0 unspecified atom stereocenters. The molecule has 0 radical (unpaired) electrons. The summed E-state index contributed by atoms with van der Waals surface area (Å²) < 4.78 is 13.5. The lowest BCUT2D eigenvalue weighted by atomic mass is 10.1. The predicted octanol–water partition coefficient (Wildman–Crippen LogP) is 4.02. The minimum atomic E-state index is -0.499. The maximum absolute atomic E-state index is 13.5. The zero-order chi connectivity index (χ0) is 13.8. The zero-order valence-corrected chi connectivity index (χ0v) is 11.9. The van der Waals surface area contributed by atoms with E-state index in [1.165, 1.54) is 12.1 Å². The Hall–Kier alpha value is -1.10. The van der Waals surface area contributed by atoms with Crippen molar-refractivity contribution in [2.75, 3.05) is 6.54 Å². The molecule has 0 aliphatic rings. The van der Waals surface area contributed by atoms with E-state index in [1.807, 2.05) is 0 Å². The predicted molar refractivity (Wildman–Crippen MR) is 76.0 cm³/mol. The van der Waals surface area contributed by atoms with Gasteiger partial charge in [0.15, 0.2) is 0 Å². The summed E-state index contributed by atoms with van der Waals surface area (Å²) in [5.41, 5.74) is 1.23. The number of nitrogens with zero attached hydrogens (tertiary/aromatic N) is 1. The highest BCUT2D eigenvalue weighted by Crippen LogP contribution is 2.31. The molecule has 2 rings (SSSR count). The third-order valence-corrected chi connectivity index (χ3v) is 3.25. The van der Waals surface area contributed by atoms with Crippen LogP contribution in [-0.4, -0.2) is 16.5 Å². The van der Waals surface area contributed by atoms with E-state index in [0.717, 1.165) is 18.8 Å². The normalized spacial score (nSPS) is 10.9. The van der Waals surface area contributed by atoms with Crippen molar-refractivity contribution in [2.45, 2.75) is 19.9 Å². The number of benzene rings is 1. The van der Waals surface area contributed by atoms with Crippen LogP contribution >= 0.6 is 23.2 Å². The van der Waals surface area contributed by atoms with Crippen LogP contribution in [-0.2, 0) is 6.54 Å². The molecule has 0 spiro atoms. The molecule has 2 aromatic rings. The second kappa shape index (κ2) is 6.37. The number of aromatic amines is 1. The monoisotopic (exact) mass is 301 g/mol. The van der Waals surface area contributed by atoms with Gasteiger partial charge in [0.2, 0.25) is 0 Å². The lowest BCUT2D eigenvalue weighted by molar-refractivity contribution is 0.628. The van der Waals surface area contributed by atoms with Crippen molar-refractivity contribution in [3.8, 4) is 11.3 Å². The van der Waals surface area contributed by atoms with Crippen LogP contribution in [0.4, 0.5) is 4.39 Å². The van der Waals surface area contributed by atoms with Crippen molar-refractivity contribution >= 4 is 23.2 Å². The minimum Gasteiger partial charge on any atom is -0.341 e. The van der Waals surface area contributed by atoms with E-state index in [-0.39, 0.29) is 5.02 Å². The molecular weight excluding hydrogens is 288 g/mol. The van der Waals surface area contributed by atoms with Gasteiger partial charge >= 0.3 is 0 Å². The van der Waals surface area contributed by atoms with Gasteiger partial charge in [-0.15, -0.1) is 0 Å². The first-order valence-electron chi connectivity index (χ1n) is 6.01. The average Bonchev–Trinajstić information content (AvgIpc) is 2.83. The van der Waals surface area contributed by atoms with E-state index in [2.05, 4.69) is 22.2 Å². The third kappa shape index (κ3) is 3.47. The largest absolute Gasteiger partial charge is 0.341 e. The second-order valence-corrected chi connectivity index (χ2v) is 4.98. The van der Waals surface area contributed by atoms with E-state index < -0.39 is 5.82 Å². The van der Waals surface area contributed by atoms with Gasteiger partial charge in [0.05, 0.1) is 28.5 Å². The van der Waals surface area contributed by atoms with Gasteiger partial charge in [0.25, 0.3) is 0 Å². The molecule has 1 aromatic carbocycles. The summed E-state index contributed by atoms with van der Waals surface area (Å²) in [6.45, 7) is 3.66. The SMILES string of the molecule is CCCNCc1ncc(-c2cc(F)c(Cl)cc2Cl)[nH]1. The number of hydrogen-bond acceptors (Lipinski definition) is 2. The smallest absolute Gasteiger partial charge is 0.142 e. The number of rotatable bonds is 5. The average molecular weight is 302 g/mol. The zero-order valence-electron chi connectivity index (χ0n) is 10.4. The fraction of sp³-hybridized carbons (Fsp3) is 0.308. The lowest BCUT2D eigenvalue weighted by Gasteiger charge is -2.03. The van der Waals surface area contributed by atoms with Gasteiger partial charge in [0, 0.05) is 5.56 Å². The number of halogens is 3. The van der Waals surface area contributed by atoms with E-state index >= 15 is 0 Å². The molecule has 1 heterocycles. The fourth-order valence-electron chi connectivity index (χ4n) is 1.70. The van der Waals surface area contributed by atoms with Crippen molar-refractivity contribution in [3.05, 3.63) is 40.0 Å². The quantitative estimate of drug-likeness (QED) is 0.647. The second-order valence-electron chi connectivity index (χ2n) is 4.17. The molecule has 2 N–H and O–H groups in total. The Balaban J connectivity index is 2.20. The molecule has 19 heavy (non-hydrogen) atoms. The molecule has 0 saturated carbocycles. The van der Waals surface area contributed by atoms with E-state index in [1.54, 1.807) is 6.20 Å². The van der Waals surface area contributed by atoms with Crippen LogP contribution < -0.4 is 5.32 Å². The number of hydrogen-bond donors (Lipinski definition) is 2. The van der Waals surface area contributed by atoms with Crippen molar-refractivity contribution in [1.29, 1.82) is 0 Å². The number of H-pyrrole nitrogens is 1. The Bertz CT molecular complexity index is 569. The standard InChI is InChI=1S/C13H14Cl2FN3/c1-2-3-17-7-13-18-6-12(19-13)8-4-11(16)10(15)5-9(8)14/h4-6,17H,2-3,7H2,1H3,(H,18,19). The third-order valence-electron chi connectivity index (χ3n) is 2.65. The Morgan fingerprint density at radius 2 is 2.11 bits per heavy atom. The highest BCUT2D eigenvalue weighted by molar-refractivity contribution is 6.36. The van der Waals surface area contributed by atoms with Crippen LogP contribution in [0.15, 0.2) is 18.3 Å². The van der Waals surface area contributed by atoms with Gasteiger partial charge in [-0.25, -0.2) is 9.37 Å². The van der Waals surface area contributed by atoms with Gasteiger partial charge in [0.1, 0.15) is 11.6 Å². The lowest BCUT2D eigenvalue weighted by Crippen LogP contribution is -2.14. The molecule has 0 saturated heterocycles. The summed E-state index contributed by atoms with van der Waals surface area (Å²) in [7, 11) is 0. The minimum absolute atomic E-state index is 0.0121. The van der Waals surface area contributed by atoms with Crippen LogP contribution in [0, 0.1) is 5.82 Å². The van der Waals surface area contributed by atoms with E-state index in [0.29, 0.717) is 22.8 Å². The highest BCUT2D eigenvalue weighted by atomic mass is 35.5. The Morgan fingerprint density at radius 3 is 2.84 bits per heavy atom. The number of aromatic nitrogens is 2. The molecule has 102 valence electrons. The first-order valence-corrected chi connectivity index (χ1v) is 6.77. The van der Waals surface area contributed by atoms with Crippen LogP contribution in [0.3, 0.4) is 0 Å². The van der Waals surface area contributed by atoms with Crippen molar-refractivity contribution in [3.63, 3.8) is 0 Å². The van der Waals surface area contributed by atoms with Crippen molar-refractivity contribution in [1.82, 2.24) is 15.3 Å². The highest BCUT2D eigenvalue weighted by Gasteiger charge is 2.11. The van der Waals surface area contributed by atoms with Crippen LogP contribution in [0.1, 0.15) is 19.2 Å². The summed E-state index contributed by atoms with van der Waals surface area (Å²) in [5, 5.41) is 3.63. The molecule has 0 fully saturated rings. The van der Waals surface area contributed by atoms with E-state index in [4.69, 9.17) is 23.2 Å². The van der Waals surface area contributed by atoms with Crippen molar-refractivity contribution < 1.29 is 4.39 Å². The molecule has 6 heteroatoms. The summed E-state index contributed by atoms with van der Waals surface area (Å²) in [5.74, 6) is 0.288. The molecule has 1 aromatic heterocycles. The maximum atomic E-state index is 13.5. The van der Waals surface area contributed by atoms with Gasteiger partial charge in [-0.3, -0.25) is 0 Å². The molecule has 0 aliphatic carbocycles. The summed E-state index contributed by atoms with van der Waals surface area (Å²) in [6, 6.07) is 2.70. The summed E-state index contributed by atoms with van der Waals surface area (Å²) in [4.78, 5) is 7.33. The molecular formula is C13H14Cl2FN3. The molecule has 0 aliphatic heterocycles. The maximum Gasteiger partial charge on any atom is 0.142 e. The van der Waals surface area contributed by atoms with Crippen LogP contribution in [0.5, 0.6) is 0 Å². The summed E-state index contributed by atoms with van der Waals surface area (Å²) >= 11 is 11.7. The Morgan fingerprint density at radius 1 is 1.32 bits per heavy atom. The fourth-order valence-corrected chi connectivity index (χ4v) is 2.19. The Labute approximate surface area is 121 Å². The molecule has 3 nitrogen and oxygen atoms in total. The van der Waals surface area contributed by atoms with Gasteiger partial charge in [-0.2, -0.15) is 0 Å². The number of nitrogens with one attached hydrogen (secondary N) is 2. The molecule has 0 amide bonds. The first kappa shape index (κ1) is 14.3. The van der Waals surface area contributed by atoms with Gasteiger partial charge in [-0.05, 0) is 25.1 Å². The van der Waals surface area contributed by atoms with Crippen molar-refractivity contribution in [2.24, 2.45) is 0 Å². The Kier molecular flexibility index (Phi) is 4.80. The van der Waals surface area contributed by atoms with Gasteiger partial charge in [-0.1, -0.05) is 30.1 Å². The van der Waals surface area contributed by atoms with Crippen LogP contribution in [0.25, 0.3) is 11.3 Å². The molecule has 0 atom stereocenters. The molecule has 0 bridgehead atoms. The first-order chi connectivity index (χ1) is 9.11.